The van der Waals surface area contributed by atoms with Crippen LogP contribution in [0.1, 0.15) is 4.88 Å². The molecule has 19 heavy (non-hydrogen) atoms. The van der Waals surface area contributed by atoms with Gasteiger partial charge < -0.3 is 0 Å². The first-order valence-electron chi connectivity index (χ1n) is 6.29. The average Bonchev–Trinajstić information content (AvgIpc) is 2.73. The van der Waals surface area contributed by atoms with Gasteiger partial charge in [-0.15, -0.1) is 11.3 Å². The largest absolute Gasteiger partial charge is 0.300 e. The first-order chi connectivity index (χ1) is 8.92. The van der Waals surface area contributed by atoms with Crippen LogP contribution in [0.2, 0.25) is 0 Å². The molecule has 0 saturated carbocycles. The van der Waals surface area contributed by atoms with Gasteiger partial charge in [-0.2, -0.15) is 0 Å². The smallest absolute Gasteiger partial charge is 0.148 e. The van der Waals surface area contributed by atoms with Crippen LogP contribution in [0.25, 0.3) is 0 Å². The molecule has 1 fully saturated rings. The van der Waals surface area contributed by atoms with Crippen molar-refractivity contribution in [2.45, 2.75) is 6.54 Å². The molecule has 2 heterocycles. The van der Waals surface area contributed by atoms with Gasteiger partial charge in [0.15, 0.2) is 0 Å². The molecule has 0 aliphatic carbocycles. The van der Waals surface area contributed by atoms with Crippen molar-refractivity contribution in [1.29, 1.82) is 0 Å². The van der Waals surface area contributed by atoms with Gasteiger partial charge in [0, 0.05) is 50.4 Å². The van der Waals surface area contributed by atoms with Crippen molar-refractivity contribution in [2.24, 2.45) is 0 Å². The van der Waals surface area contributed by atoms with Gasteiger partial charge >= 0.3 is 0 Å². The monoisotopic (exact) mass is 366 g/mol. The second-order valence-electron chi connectivity index (χ2n) is 4.95. The van der Waals surface area contributed by atoms with E-state index in [1.807, 2.05) is 0 Å². The molecule has 0 atom stereocenters. The molecular weight excluding hydrogens is 348 g/mol. The molecule has 2 rings (SSSR count). The fourth-order valence-corrected chi connectivity index (χ4v) is 4.24. The van der Waals surface area contributed by atoms with Crippen molar-refractivity contribution in [3.05, 3.63) is 20.8 Å². The van der Waals surface area contributed by atoms with Gasteiger partial charge in [-0.25, -0.2) is 8.42 Å². The molecule has 1 aliphatic rings. The normalized spacial score (nSPS) is 18.8. The van der Waals surface area contributed by atoms with E-state index in [9.17, 15) is 8.42 Å². The van der Waals surface area contributed by atoms with Crippen LogP contribution in [0.3, 0.4) is 0 Å². The SMILES string of the molecule is CS(=O)(=O)CCN1CCN(Cc2ccc(Br)s2)CC1. The van der Waals surface area contributed by atoms with Crippen LogP contribution in [0.15, 0.2) is 15.9 Å². The van der Waals surface area contributed by atoms with Crippen molar-refractivity contribution in [3.63, 3.8) is 0 Å². The standard InChI is InChI=1S/C12H19BrN2O2S2/c1-19(16,17)9-8-14-4-6-15(7-5-14)10-11-2-3-12(13)18-11/h2-3H,4-10H2,1H3. The number of thiophene rings is 1. The Balaban J connectivity index is 1.73. The summed E-state index contributed by atoms with van der Waals surface area (Å²) >= 11 is 5.26. The highest BCUT2D eigenvalue weighted by Crippen LogP contribution is 2.23. The fourth-order valence-electron chi connectivity index (χ4n) is 2.12. The summed E-state index contributed by atoms with van der Waals surface area (Å²) < 4.78 is 23.5. The molecule has 0 N–H and O–H groups in total. The molecule has 7 heteroatoms. The van der Waals surface area contributed by atoms with Gasteiger partial charge in [0.2, 0.25) is 0 Å². The summed E-state index contributed by atoms with van der Waals surface area (Å²) in [5.41, 5.74) is 0. The summed E-state index contributed by atoms with van der Waals surface area (Å²) in [7, 11) is -2.84. The van der Waals surface area contributed by atoms with Crippen LogP contribution in [0.4, 0.5) is 0 Å². The lowest BCUT2D eigenvalue weighted by Gasteiger charge is -2.34. The van der Waals surface area contributed by atoms with Crippen molar-refractivity contribution < 1.29 is 8.42 Å². The summed E-state index contributed by atoms with van der Waals surface area (Å²) in [6.07, 6.45) is 1.30. The van der Waals surface area contributed by atoms with Gasteiger partial charge in [-0.05, 0) is 28.1 Å². The third-order valence-electron chi connectivity index (χ3n) is 3.25. The average molecular weight is 367 g/mol. The lowest BCUT2D eigenvalue weighted by molar-refractivity contribution is 0.133. The Bertz CT molecular complexity index is 508. The lowest BCUT2D eigenvalue weighted by Crippen LogP contribution is -2.47. The molecule has 1 aliphatic heterocycles. The van der Waals surface area contributed by atoms with E-state index in [4.69, 9.17) is 0 Å². The molecular formula is C12H19BrN2O2S2. The first kappa shape index (κ1) is 15.4. The summed E-state index contributed by atoms with van der Waals surface area (Å²) in [5, 5.41) is 0. The van der Waals surface area contributed by atoms with E-state index in [-0.39, 0.29) is 5.75 Å². The van der Waals surface area contributed by atoms with Crippen LogP contribution in [-0.2, 0) is 16.4 Å². The Morgan fingerprint density at radius 3 is 2.37 bits per heavy atom. The Morgan fingerprint density at radius 1 is 1.21 bits per heavy atom. The number of hydrogen-bond donors (Lipinski definition) is 0. The predicted octanol–water partition coefficient (Wildman–Crippen LogP) is 1.67. The zero-order chi connectivity index (χ0) is 13.9. The molecule has 4 nitrogen and oxygen atoms in total. The minimum atomic E-state index is -2.84. The summed E-state index contributed by atoms with van der Waals surface area (Å²) in [4.78, 5) is 6.04. The number of halogens is 1. The summed E-state index contributed by atoms with van der Waals surface area (Å²) in [5.74, 6) is 0.269. The third-order valence-corrected chi connectivity index (χ3v) is 5.78. The fraction of sp³-hybridized carbons (Fsp3) is 0.667. The predicted molar refractivity (Wildman–Crippen MR) is 83.4 cm³/mol. The number of hydrogen-bond acceptors (Lipinski definition) is 5. The third kappa shape index (κ3) is 5.51. The molecule has 0 amide bonds. The van der Waals surface area contributed by atoms with E-state index in [2.05, 4.69) is 37.9 Å². The lowest BCUT2D eigenvalue weighted by atomic mass is 10.3. The molecule has 1 saturated heterocycles. The highest BCUT2D eigenvalue weighted by atomic mass is 79.9. The van der Waals surface area contributed by atoms with Crippen molar-refractivity contribution in [3.8, 4) is 0 Å². The Hall–Kier alpha value is 0.0500. The zero-order valence-electron chi connectivity index (χ0n) is 11.0. The molecule has 1 aromatic heterocycles. The summed E-state index contributed by atoms with van der Waals surface area (Å²) in [6.45, 7) is 5.61. The second-order valence-corrected chi connectivity index (χ2v) is 9.76. The maximum Gasteiger partial charge on any atom is 0.148 e. The van der Waals surface area contributed by atoms with Crippen molar-refractivity contribution >= 4 is 37.1 Å². The Kier molecular flexibility index (Phi) is 5.42. The number of piperazine rings is 1. The van der Waals surface area contributed by atoms with Crippen molar-refractivity contribution in [2.75, 3.05) is 44.7 Å². The van der Waals surface area contributed by atoms with Gasteiger partial charge in [0.25, 0.3) is 0 Å². The minimum absolute atomic E-state index is 0.269. The van der Waals surface area contributed by atoms with Gasteiger partial charge in [0.05, 0.1) is 9.54 Å². The molecule has 0 spiro atoms. The molecule has 0 aromatic carbocycles. The molecule has 0 bridgehead atoms. The Morgan fingerprint density at radius 2 is 1.84 bits per heavy atom. The number of nitrogens with zero attached hydrogens (tertiary/aromatic N) is 2. The van der Waals surface area contributed by atoms with E-state index in [0.29, 0.717) is 6.54 Å². The topological polar surface area (TPSA) is 40.6 Å². The Labute approximate surface area is 127 Å². The van der Waals surface area contributed by atoms with Crippen LogP contribution in [0.5, 0.6) is 0 Å². The van der Waals surface area contributed by atoms with Gasteiger partial charge in [0.1, 0.15) is 9.84 Å². The molecule has 0 unspecified atom stereocenters. The van der Waals surface area contributed by atoms with E-state index >= 15 is 0 Å². The molecule has 0 radical (unpaired) electrons. The van der Waals surface area contributed by atoms with Crippen molar-refractivity contribution in [1.82, 2.24) is 9.80 Å². The quantitative estimate of drug-likeness (QED) is 0.794. The second kappa shape index (κ2) is 6.67. The van der Waals surface area contributed by atoms with Crippen LogP contribution in [0, 0.1) is 0 Å². The van der Waals surface area contributed by atoms with Gasteiger partial charge in [-0.3, -0.25) is 9.80 Å². The highest BCUT2D eigenvalue weighted by molar-refractivity contribution is 9.11. The summed E-state index contributed by atoms with van der Waals surface area (Å²) in [6, 6.07) is 4.24. The first-order valence-corrected chi connectivity index (χ1v) is 9.96. The van der Waals surface area contributed by atoms with Crippen LogP contribution >= 0.6 is 27.3 Å². The van der Waals surface area contributed by atoms with Crippen LogP contribution < -0.4 is 0 Å². The van der Waals surface area contributed by atoms with Gasteiger partial charge in [-0.1, -0.05) is 0 Å². The maximum atomic E-state index is 11.1. The van der Waals surface area contributed by atoms with E-state index in [1.165, 1.54) is 14.9 Å². The zero-order valence-corrected chi connectivity index (χ0v) is 14.2. The number of sulfone groups is 1. The van der Waals surface area contributed by atoms with Crippen LogP contribution in [-0.4, -0.2) is 63.0 Å². The minimum Gasteiger partial charge on any atom is -0.300 e. The highest BCUT2D eigenvalue weighted by Gasteiger charge is 2.18. The maximum absolute atomic E-state index is 11.1. The number of rotatable bonds is 5. The molecule has 1 aromatic rings. The van der Waals surface area contributed by atoms with E-state index in [0.717, 1.165) is 32.7 Å². The molecule has 108 valence electrons. The van der Waals surface area contributed by atoms with E-state index < -0.39 is 9.84 Å². The van der Waals surface area contributed by atoms with E-state index in [1.54, 1.807) is 11.3 Å².